The Morgan fingerprint density at radius 1 is 1.08 bits per heavy atom. The molecule has 0 spiro atoms. The van der Waals surface area contributed by atoms with Crippen molar-refractivity contribution < 1.29 is 19.1 Å². The zero-order valence-electron chi connectivity index (χ0n) is 16.0. The molecule has 7 heteroatoms. The Bertz CT molecular complexity index is 640. The van der Waals surface area contributed by atoms with Gasteiger partial charge in [0.1, 0.15) is 11.5 Å². The van der Waals surface area contributed by atoms with E-state index < -0.39 is 6.04 Å². The fourth-order valence-electron chi connectivity index (χ4n) is 3.12. The van der Waals surface area contributed by atoms with E-state index in [9.17, 15) is 9.59 Å². The Labute approximate surface area is 155 Å². The van der Waals surface area contributed by atoms with Crippen molar-refractivity contribution in [1.82, 2.24) is 9.80 Å². The predicted octanol–water partition coefficient (Wildman–Crippen LogP) is 1.36. The van der Waals surface area contributed by atoms with Gasteiger partial charge in [-0.3, -0.25) is 9.59 Å². The van der Waals surface area contributed by atoms with E-state index in [1.807, 2.05) is 13.8 Å². The molecular weight excluding hydrogens is 334 g/mol. The summed E-state index contributed by atoms with van der Waals surface area (Å²) in [6.07, 6.45) is 0.668. The number of nitrogens with two attached hydrogens (primary N) is 1. The van der Waals surface area contributed by atoms with Crippen LogP contribution in [0.1, 0.15) is 30.6 Å². The van der Waals surface area contributed by atoms with Gasteiger partial charge in [0.05, 0.1) is 25.8 Å². The number of carbonyl (C=O) groups is 2. The maximum atomic E-state index is 12.8. The van der Waals surface area contributed by atoms with Gasteiger partial charge in [-0.2, -0.15) is 0 Å². The highest BCUT2D eigenvalue weighted by atomic mass is 16.5. The van der Waals surface area contributed by atoms with Crippen LogP contribution in [0.2, 0.25) is 0 Å². The summed E-state index contributed by atoms with van der Waals surface area (Å²) in [5.74, 6) is 1.34. The second kappa shape index (κ2) is 8.89. The first-order chi connectivity index (χ1) is 12.4. The van der Waals surface area contributed by atoms with Crippen molar-refractivity contribution in [2.24, 2.45) is 11.7 Å². The third-order valence-electron chi connectivity index (χ3n) is 4.56. The monoisotopic (exact) mass is 363 g/mol. The van der Waals surface area contributed by atoms with E-state index in [0.717, 1.165) is 0 Å². The molecule has 1 atom stereocenters. The normalized spacial score (nSPS) is 15.8. The fourth-order valence-corrected chi connectivity index (χ4v) is 3.12. The van der Waals surface area contributed by atoms with Crippen molar-refractivity contribution in [2.75, 3.05) is 40.4 Å². The predicted molar refractivity (Wildman–Crippen MR) is 99.5 cm³/mol. The number of rotatable bonds is 6. The van der Waals surface area contributed by atoms with Crippen LogP contribution >= 0.6 is 0 Å². The number of hydrogen-bond donors (Lipinski definition) is 1. The van der Waals surface area contributed by atoms with Gasteiger partial charge in [-0.1, -0.05) is 13.8 Å². The number of hydrogen-bond acceptors (Lipinski definition) is 5. The summed E-state index contributed by atoms with van der Waals surface area (Å²) in [6.45, 7) is 6.05. The number of piperazine rings is 1. The summed E-state index contributed by atoms with van der Waals surface area (Å²) >= 11 is 0. The number of amides is 2. The molecule has 2 N–H and O–H groups in total. The van der Waals surface area contributed by atoms with E-state index in [2.05, 4.69) is 0 Å². The van der Waals surface area contributed by atoms with Gasteiger partial charge in [-0.25, -0.2) is 0 Å². The molecule has 0 aromatic heterocycles. The first-order valence-corrected chi connectivity index (χ1v) is 8.93. The quantitative estimate of drug-likeness (QED) is 0.825. The summed E-state index contributed by atoms with van der Waals surface area (Å²) in [6, 6.07) is 4.66. The molecule has 26 heavy (non-hydrogen) atoms. The molecule has 2 rings (SSSR count). The molecule has 1 heterocycles. The molecule has 1 saturated heterocycles. The highest BCUT2D eigenvalue weighted by molar-refractivity contribution is 5.97. The highest BCUT2D eigenvalue weighted by Gasteiger charge is 2.29. The minimum absolute atomic E-state index is 0.0344. The molecule has 2 amide bonds. The lowest BCUT2D eigenvalue weighted by Crippen LogP contribution is -2.54. The molecule has 1 aromatic carbocycles. The zero-order valence-corrected chi connectivity index (χ0v) is 16.0. The van der Waals surface area contributed by atoms with Crippen molar-refractivity contribution >= 4 is 11.8 Å². The van der Waals surface area contributed by atoms with E-state index in [1.54, 1.807) is 35.1 Å². The van der Waals surface area contributed by atoms with Gasteiger partial charge in [0.25, 0.3) is 5.91 Å². The molecule has 7 nitrogen and oxygen atoms in total. The number of methoxy groups -OCH3 is 2. The SMILES string of the molecule is COc1ccc(C(=O)N2CCN(C(=O)[C@@H](N)CC(C)C)CC2)c(OC)c1. The van der Waals surface area contributed by atoms with E-state index in [4.69, 9.17) is 15.2 Å². The van der Waals surface area contributed by atoms with Crippen LogP contribution in [0, 0.1) is 5.92 Å². The van der Waals surface area contributed by atoms with Crippen LogP contribution in [0.5, 0.6) is 11.5 Å². The van der Waals surface area contributed by atoms with Crippen LogP contribution in [0.4, 0.5) is 0 Å². The van der Waals surface area contributed by atoms with Crippen LogP contribution in [0.15, 0.2) is 18.2 Å². The Morgan fingerprint density at radius 2 is 1.69 bits per heavy atom. The third kappa shape index (κ3) is 4.66. The van der Waals surface area contributed by atoms with Crippen LogP contribution in [0.25, 0.3) is 0 Å². The van der Waals surface area contributed by atoms with Gasteiger partial charge in [-0.05, 0) is 24.5 Å². The molecule has 144 valence electrons. The number of benzene rings is 1. The van der Waals surface area contributed by atoms with Crippen molar-refractivity contribution in [2.45, 2.75) is 26.3 Å². The van der Waals surface area contributed by atoms with Gasteiger partial charge in [0, 0.05) is 32.2 Å². The van der Waals surface area contributed by atoms with Crippen molar-refractivity contribution in [3.05, 3.63) is 23.8 Å². The van der Waals surface area contributed by atoms with Crippen LogP contribution in [-0.4, -0.2) is 68.1 Å². The molecule has 0 unspecified atom stereocenters. The Balaban J connectivity index is 1.99. The lowest BCUT2D eigenvalue weighted by Gasteiger charge is -2.36. The first kappa shape index (κ1) is 20.0. The Kier molecular flexibility index (Phi) is 6.85. The van der Waals surface area contributed by atoms with Gasteiger partial charge >= 0.3 is 0 Å². The van der Waals surface area contributed by atoms with E-state index >= 15 is 0 Å². The maximum absolute atomic E-state index is 12.8. The van der Waals surface area contributed by atoms with E-state index in [1.165, 1.54) is 7.11 Å². The summed E-state index contributed by atoms with van der Waals surface area (Å²) in [5.41, 5.74) is 6.49. The summed E-state index contributed by atoms with van der Waals surface area (Å²) in [7, 11) is 3.09. The van der Waals surface area contributed by atoms with E-state index in [-0.39, 0.29) is 11.8 Å². The molecule has 1 aliphatic rings. The summed E-state index contributed by atoms with van der Waals surface area (Å²) in [4.78, 5) is 28.7. The van der Waals surface area contributed by atoms with Gasteiger partial charge in [-0.15, -0.1) is 0 Å². The second-order valence-electron chi connectivity index (χ2n) is 6.92. The van der Waals surface area contributed by atoms with Gasteiger partial charge in [0.15, 0.2) is 0 Å². The Morgan fingerprint density at radius 3 is 2.23 bits per heavy atom. The standard InChI is InChI=1S/C19H29N3O4/c1-13(2)11-16(20)19(24)22-9-7-21(8-10-22)18(23)15-6-5-14(25-3)12-17(15)26-4/h5-6,12-13,16H,7-11,20H2,1-4H3/t16-/m0/s1. The summed E-state index contributed by atoms with van der Waals surface area (Å²) in [5, 5.41) is 0. The zero-order chi connectivity index (χ0) is 19.3. The van der Waals surface area contributed by atoms with Crippen LogP contribution < -0.4 is 15.2 Å². The first-order valence-electron chi connectivity index (χ1n) is 8.93. The smallest absolute Gasteiger partial charge is 0.257 e. The number of ether oxygens (including phenoxy) is 2. The molecule has 0 radical (unpaired) electrons. The molecular formula is C19H29N3O4. The third-order valence-corrected chi connectivity index (χ3v) is 4.56. The minimum atomic E-state index is -0.473. The molecule has 1 fully saturated rings. The van der Waals surface area contributed by atoms with Crippen LogP contribution in [-0.2, 0) is 4.79 Å². The highest BCUT2D eigenvalue weighted by Crippen LogP contribution is 2.26. The molecule has 0 bridgehead atoms. The largest absolute Gasteiger partial charge is 0.497 e. The average Bonchev–Trinajstić information content (AvgIpc) is 2.65. The minimum Gasteiger partial charge on any atom is -0.497 e. The van der Waals surface area contributed by atoms with E-state index in [0.29, 0.717) is 55.6 Å². The van der Waals surface area contributed by atoms with Crippen molar-refractivity contribution in [1.29, 1.82) is 0 Å². The molecule has 1 aromatic rings. The second-order valence-corrected chi connectivity index (χ2v) is 6.92. The lowest BCUT2D eigenvalue weighted by molar-refractivity contribution is -0.134. The van der Waals surface area contributed by atoms with Gasteiger partial charge in [0.2, 0.25) is 5.91 Å². The number of carbonyl (C=O) groups excluding carboxylic acids is 2. The van der Waals surface area contributed by atoms with Crippen molar-refractivity contribution in [3.8, 4) is 11.5 Å². The number of nitrogens with zero attached hydrogens (tertiary/aromatic N) is 2. The molecule has 1 aliphatic heterocycles. The van der Waals surface area contributed by atoms with Crippen molar-refractivity contribution in [3.63, 3.8) is 0 Å². The maximum Gasteiger partial charge on any atom is 0.257 e. The summed E-state index contributed by atoms with van der Waals surface area (Å²) < 4.78 is 10.5. The van der Waals surface area contributed by atoms with Crippen LogP contribution in [0.3, 0.4) is 0 Å². The fraction of sp³-hybridized carbons (Fsp3) is 0.579. The average molecular weight is 363 g/mol. The van der Waals surface area contributed by atoms with Gasteiger partial charge < -0.3 is 25.0 Å². The Hall–Kier alpha value is -2.28. The topological polar surface area (TPSA) is 85.1 Å². The lowest BCUT2D eigenvalue weighted by atomic mass is 10.0. The molecule has 0 aliphatic carbocycles. The molecule has 0 saturated carbocycles.